The molecule has 0 radical (unpaired) electrons. The van der Waals surface area contributed by atoms with Crippen molar-refractivity contribution < 1.29 is 23.1 Å². The van der Waals surface area contributed by atoms with Gasteiger partial charge in [-0.05, 0) is 37.6 Å². The standard InChI is InChI=1S/C18H18ClF2N3O3/c1-10-3-13(6-14(24-10)4-11(2)25)17(26)22-7-12-5-15(19)18(23-8-12)27-9-16(20)21/h3,5-6,8,16H,4,7,9H2,1-2H3,(H,22,26). The fourth-order valence-corrected chi connectivity index (χ4v) is 2.55. The lowest BCUT2D eigenvalue weighted by molar-refractivity contribution is -0.116. The van der Waals surface area contributed by atoms with Crippen LogP contribution in [0.25, 0.3) is 0 Å². The van der Waals surface area contributed by atoms with Gasteiger partial charge < -0.3 is 10.1 Å². The molecule has 6 nitrogen and oxygen atoms in total. The van der Waals surface area contributed by atoms with Gasteiger partial charge in [0.1, 0.15) is 10.8 Å². The molecule has 0 aromatic carbocycles. The van der Waals surface area contributed by atoms with Crippen molar-refractivity contribution in [2.24, 2.45) is 0 Å². The van der Waals surface area contributed by atoms with E-state index >= 15 is 0 Å². The molecule has 2 aromatic rings. The second-order valence-corrected chi connectivity index (χ2v) is 6.29. The van der Waals surface area contributed by atoms with Gasteiger partial charge in [-0.25, -0.2) is 13.8 Å². The Morgan fingerprint density at radius 3 is 2.67 bits per heavy atom. The van der Waals surface area contributed by atoms with Crippen LogP contribution in [0.4, 0.5) is 8.78 Å². The Bertz CT molecular complexity index is 847. The average molecular weight is 398 g/mol. The fourth-order valence-electron chi connectivity index (χ4n) is 2.31. The summed E-state index contributed by atoms with van der Waals surface area (Å²) in [6.07, 6.45) is -1.09. The van der Waals surface area contributed by atoms with Gasteiger partial charge in [-0.15, -0.1) is 0 Å². The van der Waals surface area contributed by atoms with Gasteiger partial charge in [-0.2, -0.15) is 0 Å². The van der Waals surface area contributed by atoms with Crippen LogP contribution < -0.4 is 10.1 Å². The molecule has 0 aliphatic heterocycles. The number of aromatic nitrogens is 2. The van der Waals surface area contributed by atoms with Crippen molar-refractivity contribution in [2.75, 3.05) is 6.61 Å². The van der Waals surface area contributed by atoms with E-state index in [0.29, 0.717) is 22.5 Å². The molecule has 0 saturated heterocycles. The van der Waals surface area contributed by atoms with E-state index in [9.17, 15) is 18.4 Å². The predicted octanol–water partition coefficient (Wildman–Crippen LogP) is 3.14. The summed E-state index contributed by atoms with van der Waals surface area (Å²) < 4.78 is 29.1. The lowest BCUT2D eigenvalue weighted by atomic mass is 10.1. The highest BCUT2D eigenvalue weighted by Crippen LogP contribution is 2.22. The number of carbonyl (C=O) groups is 2. The van der Waals surface area contributed by atoms with Gasteiger partial charge in [0.15, 0.2) is 6.61 Å². The van der Waals surface area contributed by atoms with E-state index in [2.05, 4.69) is 15.3 Å². The lowest BCUT2D eigenvalue weighted by Crippen LogP contribution is -2.23. The molecule has 0 spiro atoms. The van der Waals surface area contributed by atoms with Gasteiger partial charge in [-0.1, -0.05) is 11.6 Å². The summed E-state index contributed by atoms with van der Waals surface area (Å²) in [5.74, 6) is -0.487. The van der Waals surface area contributed by atoms with Crippen LogP contribution in [-0.2, 0) is 17.8 Å². The van der Waals surface area contributed by atoms with Gasteiger partial charge in [-0.3, -0.25) is 14.6 Å². The zero-order valence-electron chi connectivity index (χ0n) is 14.8. The number of ether oxygens (including phenoxy) is 1. The zero-order valence-corrected chi connectivity index (χ0v) is 15.5. The highest BCUT2D eigenvalue weighted by Gasteiger charge is 2.12. The van der Waals surface area contributed by atoms with Crippen molar-refractivity contribution in [1.29, 1.82) is 0 Å². The fraction of sp³-hybridized carbons (Fsp3) is 0.333. The van der Waals surface area contributed by atoms with Crippen LogP contribution in [0.15, 0.2) is 24.4 Å². The molecule has 144 valence electrons. The first kappa shape index (κ1) is 20.7. The summed E-state index contributed by atoms with van der Waals surface area (Å²) in [6, 6.07) is 4.66. The monoisotopic (exact) mass is 397 g/mol. The third-order valence-corrected chi connectivity index (χ3v) is 3.63. The van der Waals surface area contributed by atoms with Crippen molar-refractivity contribution in [3.8, 4) is 5.88 Å². The molecule has 1 amide bonds. The van der Waals surface area contributed by atoms with Crippen molar-refractivity contribution in [3.63, 3.8) is 0 Å². The van der Waals surface area contributed by atoms with Crippen molar-refractivity contribution in [1.82, 2.24) is 15.3 Å². The van der Waals surface area contributed by atoms with E-state index in [1.54, 1.807) is 19.1 Å². The molecule has 0 bridgehead atoms. The summed E-state index contributed by atoms with van der Waals surface area (Å²) in [6.45, 7) is 2.52. The van der Waals surface area contributed by atoms with E-state index in [4.69, 9.17) is 16.3 Å². The Hall–Kier alpha value is -2.61. The molecule has 0 atom stereocenters. The van der Waals surface area contributed by atoms with Crippen LogP contribution in [0.5, 0.6) is 5.88 Å². The molecular weight excluding hydrogens is 380 g/mol. The highest BCUT2D eigenvalue weighted by molar-refractivity contribution is 6.31. The van der Waals surface area contributed by atoms with E-state index < -0.39 is 13.0 Å². The number of rotatable bonds is 8. The van der Waals surface area contributed by atoms with Gasteiger partial charge in [0.2, 0.25) is 5.88 Å². The summed E-state index contributed by atoms with van der Waals surface area (Å²) >= 11 is 5.95. The number of Topliss-reactive ketones (excluding diaryl/α,β-unsaturated/α-hetero) is 1. The maximum absolute atomic E-state index is 12.4. The van der Waals surface area contributed by atoms with Crippen molar-refractivity contribution in [3.05, 3.63) is 51.9 Å². The molecule has 27 heavy (non-hydrogen) atoms. The number of pyridine rings is 2. The minimum absolute atomic E-state index is 0.0469. The Balaban J connectivity index is 2.02. The van der Waals surface area contributed by atoms with Crippen LogP contribution in [-0.4, -0.2) is 34.7 Å². The minimum Gasteiger partial charge on any atom is -0.471 e. The quantitative estimate of drug-likeness (QED) is 0.740. The molecule has 2 heterocycles. The maximum Gasteiger partial charge on any atom is 0.272 e. The first-order chi connectivity index (χ1) is 12.7. The number of nitrogens with zero attached hydrogens (tertiary/aromatic N) is 2. The molecular formula is C18H18ClF2N3O3. The lowest BCUT2D eigenvalue weighted by Gasteiger charge is -2.10. The number of hydrogen-bond acceptors (Lipinski definition) is 5. The van der Waals surface area contributed by atoms with Gasteiger partial charge in [0, 0.05) is 36.1 Å². The highest BCUT2D eigenvalue weighted by atomic mass is 35.5. The predicted molar refractivity (Wildman–Crippen MR) is 95.3 cm³/mol. The van der Waals surface area contributed by atoms with Crippen molar-refractivity contribution in [2.45, 2.75) is 33.2 Å². The summed E-state index contributed by atoms with van der Waals surface area (Å²) in [5.41, 5.74) is 2.12. The van der Waals surface area contributed by atoms with E-state index in [1.165, 1.54) is 19.2 Å². The number of halogens is 3. The van der Waals surface area contributed by atoms with E-state index in [1.807, 2.05) is 0 Å². The number of amides is 1. The number of ketones is 1. The maximum atomic E-state index is 12.4. The number of aryl methyl sites for hydroxylation is 1. The number of hydrogen-bond donors (Lipinski definition) is 1. The average Bonchev–Trinajstić information content (AvgIpc) is 2.57. The van der Waals surface area contributed by atoms with Crippen LogP contribution in [0.1, 0.15) is 34.2 Å². The molecule has 0 aliphatic rings. The number of alkyl halides is 2. The van der Waals surface area contributed by atoms with E-state index in [-0.39, 0.29) is 35.6 Å². The summed E-state index contributed by atoms with van der Waals surface area (Å²) in [7, 11) is 0. The topological polar surface area (TPSA) is 81.2 Å². The molecule has 0 fully saturated rings. The largest absolute Gasteiger partial charge is 0.471 e. The molecule has 0 aliphatic carbocycles. The molecule has 2 rings (SSSR count). The van der Waals surface area contributed by atoms with E-state index in [0.717, 1.165) is 0 Å². The second kappa shape index (κ2) is 9.36. The molecule has 1 N–H and O–H groups in total. The summed E-state index contributed by atoms with van der Waals surface area (Å²) in [5, 5.41) is 2.78. The third kappa shape index (κ3) is 6.56. The molecule has 2 aromatic heterocycles. The van der Waals surface area contributed by atoms with Crippen molar-refractivity contribution >= 4 is 23.3 Å². The minimum atomic E-state index is -2.63. The van der Waals surface area contributed by atoms with Crippen LogP contribution in [0.2, 0.25) is 5.02 Å². The normalized spacial score (nSPS) is 10.7. The Morgan fingerprint density at radius 2 is 2.04 bits per heavy atom. The number of nitrogens with one attached hydrogen (secondary N) is 1. The molecule has 0 unspecified atom stereocenters. The first-order valence-electron chi connectivity index (χ1n) is 8.05. The molecule has 0 saturated carbocycles. The number of carbonyl (C=O) groups excluding carboxylic acids is 2. The molecule has 9 heteroatoms. The SMILES string of the molecule is CC(=O)Cc1cc(C(=O)NCc2cnc(OCC(F)F)c(Cl)c2)cc(C)n1. The smallest absolute Gasteiger partial charge is 0.272 e. The van der Waals surface area contributed by atoms with Gasteiger partial charge >= 0.3 is 0 Å². The van der Waals surface area contributed by atoms with Gasteiger partial charge in [0.25, 0.3) is 12.3 Å². The second-order valence-electron chi connectivity index (χ2n) is 5.88. The Labute approximate surface area is 159 Å². The zero-order chi connectivity index (χ0) is 20.0. The Kier molecular flexibility index (Phi) is 7.18. The van der Waals surface area contributed by atoms with Crippen LogP contribution in [0, 0.1) is 6.92 Å². The third-order valence-electron chi connectivity index (χ3n) is 3.36. The van der Waals surface area contributed by atoms with Crippen LogP contribution >= 0.6 is 11.6 Å². The summed E-state index contributed by atoms with van der Waals surface area (Å²) in [4.78, 5) is 31.7. The van der Waals surface area contributed by atoms with Crippen LogP contribution in [0.3, 0.4) is 0 Å². The Morgan fingerprint density at radius 1 is 1.30 bits per heavy atom. The van der Waals surface area contributed by atoms with Gasteiger partial charge in [0.05, 0.1) is 0 Å². The first-order valence-corrected chi connectivity index (χ1v) is 8.43.